The van der Waals surface area contributed by atoms with Gasteiger partial charge in [0.05, 0.1) is 0 Å². The molecule has 0 fully saturated rings. The van der Waals surface area contributed by atoms with E-state index in [4.69, 9.17) is 9.90 Å². The molecule has 2 aromatic rings. The van der Waals surface area contributed by atoms with Crippen LogP contribution in [-0.2, 0) is 22.4 Å². The minimum Gasteiger partial charge on any atom is -0.475 e. The second-order valence-corrected chi connectivity index (χ2v) is 5.52. The van der Waals surface area contributed by atoms with E-state index in [9.17, 15) is 18.0 Å². The molecular formula is C19H19F3O3. The summed E-state index contributed by atoms with van der Waals surface area (Å²) >= 11 is 0. The normalized spacial score (nSPS) is 11.8. The number of rotatable bonds is 5. The number of carbonyl (C=O) groups is 2. The summed E-state index contributed by atoms with van der Waals surface area (Å²) in [7, 11) is 0. The predicted molar refractivity (Wildman–Crippen MR) is 88.2 cm³/mol. The number of carboxylic acids is 1. The molecule has 2 aromatic carbocycles. The topological polar surface area (TPSA) is 54.4 Å². The molecule has 0 heterocycles. The van der Waals surface area contributed by atoms with Gasteiger partial charge in [-0.25, -0.2) is 4.79 Å². The lowest BCUT2D eigenvalue weighted by Gasteiger charge is -2.10. The molecule has 0 bridgehead atoms. The number of aliphatic carboxylic acids is 1. The maximum absolute atomic E-state index is 12.1. The zero-order valence-electron chi connectivity index (χ0n) is 13.7. The van der Waals surface area contributed by atoms with Crippen molar-refractivity contribution in [2.24, 2.45) is 5.92 Å². The van der Waals surface area contributed by atoms with Crippen LogP contribution in [0.1, 0.15) is 18.1 Å². The maximum atomic E-state index is 12.1. The van der Waals surface area contributed by atoms with Crippen molar-refractivity contribution in [2.45, 2.75) is 25.9 Å². The number of benzene rings is 2. The Morgan fingerprint density at radius 3 is 1.72 bits per heavy atom. The Kier molecular flexibility index (Phi) is 7.85. The van der Waals surface area contributed by atoms with Gasteiger partial charge in [-0.1, -0.05) is 67.6 Å². The smallest absolute Gasteiger partial charge is 0.475 e. The van der Waals surface area contributed by atoms with Crippen LogP contribution < -0.4 is 0 Å². The van der Waals surface area contributed by atoms with Crippen LogP contribution in [-0.4, -0.2) is 23.0 Å². The molecular weight excluding hydrogens is 333 g/mol. The molecule has 0 aliphatic carbocycles. The van der Waals surface area contributed by atoms with Gasteiger partial charge in [-0.3, -0.25) is 4.79 Å². The third-order valence-electron chi connectivity index (χ3n) is 3.40. The number of ketones is 1. The standard InChI is InChI=1S/C17H18O.C2HF3O2/c1-14(12-15-8-4-2-5-9-15)17(18)13-16-10-6-3-7-11-16;3-2(4,5)1(6)7/h2-11,14H,12-13H2,1H3;(H,6,7)/t14-;/m0./s1. The van der Waals surface area contributed by atoms with Gasteiger partial charge in [0.15, 0.2) is 0 Å². The van der Waals surface area contributed by atoms with Crippen molar-refractivity contribution >= 4 is 11.8 Å². The molecule has 1 N–H and O–H groups in total. The summed E-state index contributed by atoms with van der Waals surface area (Å²) in [5.74, 6) is -2.37. The molecule has 134 valence electrons. The first-order chi connectivity index (χ1) is 11.7. The summed E-state index contributed by atoms with van der Waals surface area (Å²) in [4.78, 5) is 21.0. The largest absolute Gasteiger partial charge is 0.490 e. The summed E-state index contributed by atoms with van der Waals surface area (Å²) in [6.07, 6.45) is -3.72. The molecule has 2 rings (SSSR count). The molecule has 3 nitrogen and oxygen atoms in total. The lowest BCUT2D eigenvalue weighted by Crippen LogP contribution is -2.21. The molecule has 0 aliphatic rings. The van der Waals surface area contributed by atoms with E-state index >= 15 is 0 Å². The maximum Gasteiger partial charge on any atom is 0.490 e. The highest BCUT2D eigenvalue weighted by molar-refractivity contribution is 5.83. The Morgan fingerprint density at radius 1 is 0.920 bits per heavy atom. The van der Waals surface area contributed by atoms with E-state index in [2.05, 4.69) is 12.1 Å². The average molecular weight is 352 g/mol. The molecule has 0 saturated carbocycles. The first-order valence-electron chi connectivity index (χ1n) is 7.61. The minimum absolute atomic E-state index is 0.0765. The zero-order chi connectivity index (χ0) is 18.9. The van der Waals surface area contributed by atoms with E-state index in [1.54, 1.807) is 0 Å². The number of halogens is 3. The van der Waals surface area contributed by atoms with Crippen LogP contribution in [0.15, 0.2) is 60.7 Å². The van der Waals surface area contributed by atoms with E-state index in [0.717, 1.165) is 12.0 Å². The monoisotopic (exact) mass is 352 g/mol. The zero-order valence-corrected chi connectivity index (χ0v) is 13.7. The summed E-state index contributed by atoms with van der Waals surface area (Å²) in [6.45, 7) is 2.01. The predicted octanol–water partition coefficient (Wildman–Crippen LogP) is 4.31. The van der Waals surface area contributed by atoms with Crippen LogP contribution in [0.25, 0.3) is 0 Å². The number of hydrogen-bond donors (Lipinski definition) is 1. The van der Waals surface area contributed by atoms with Gasteiger partial charge in [-0.05, 0) is 17.5 Å². The second-order valence-electron chi connectivity index (χ2n) is 5.52. The van der Waals surface area contributed by atoms with E-state index in [-0.39, 0.29) is 5.92 Å². The first-order valence-corrected chi connectivity index (χ1v) is 7.61. The number of hydrogen-bond acceptors (Lipinski definition) is 2. The lowest BCUT2D eigenvalue weighted by molar-refractivity contribution is -0.192. The van der Waals surface area contributed by atoms with E-state index in [0.29, 0.717) is 12.2 Å². The highest BCUT2D eigenvalue weighted by atomic mass is 19.4. The molecule has 0 unspecified atom stereocenters. The molecule has 0 spiro atoms. The van der Waals surface area contributed by atoms with Crippen molar-refractivity contribution in [1.29, 1.82) is 0 Å². The van der Waals surface area contributed by atoms with Crippen molar-refractivity contribution in [3.05, 3.63) is 71.8 Å². The lowest BCUT2D eigenvalue weighted by atomic mass is 9.93. The van der Waals surface area contributed by atoms with E-state index in [1.807, 2.05) is 55.5 Å². The van der Waals surface area contributed by atoms with E-state index in [1.165, 1.54) is 5.56 Å². The first kappa shape index (κ1) is 20.4. The molecule has 25 heavy (non-hydrogen) atoms. The third-order valence-corrected chi connectivity index (χ3v) is 3.40. The van der Waals surface area contributed by atoms with E-state index < -0.39 is 12.1 Å². The molecule has 6 heteroatoms. The Bertz CT molecular complexity index is 667. The minimum atomic E-state index is -5.08. The van der Waals surface area contributed by atoms with Crippen LogP contribution in [0.4, 0.5) is 13.2 Å². The second kappa shape index (κ2) is 9.61. The summed E-state index contributed by atoms with van der Waals surface area (Å²) in [6, 6.07) is 20.1. The van der Waals surface area contributed by atoms with Crippen molar-refractivity contribution < 1.29 is 27.9 Å². The van der Waals surface area contributed by atoms with Gasteiger partial charge in [-0.2, -0.15) is 13.2 Å². The highest BCUT2D eigenvalue weighted by Crippen LogP contribution is 2.13. The van der Waals surface area contributed by atoms with Gasteiger partial charge in [0.25, 0.3) is 0 Å². The van der Waals surface area contributed by atoms with Gasteiger partial charge in [0, 0.05) is 12.3 Å². The van der Waals surface area contributed by atoms with Gasteiger partial charge >= 0.3 is 12.1 Å². The Morgan fingerprint density at radius 2 is 1.32 bits per heavy atom. The SMILES string of the molecule is C[C@@H](Cc1ccccc1)C(=O)Cc1ccccc1.O=C(O)C(F)(F)F. The summed E-state index contributed by atoms with van der Waals surface area (Å²) in [5, 5.41) is 7.12. The fourth-order valence-corrected chi connectivity index (χ4v) is 2.05. The number of Topliss-reactive ketones (excluding diaryl/α,β-unsaturated/α-hetero) is 1. The number of carbonyl (C=O) groups excluding carboxylic acids is 1. The fourth-order valence-electron chi connectivity index (χ4n) is 2.05. The number of alkyl halides is 3. The van der Waals surface area contributed by atoms with Crippen molar-refractivity contribution in [3.63, 3.8) is 0 Å². The third kappa shape index (κ3) is 8.15. The Hall–Kier alpha value is -2.63. The Labute approximate surface area is 144 Å². The quantitative estimate of drug-likeness (QED) is 0.872. The molecule has 0 aromatic heterocycles. The molecule has 0 amide bonds. The van der Waals surface area contributed by atoms with Gasteiger partial charge in [0.1, 0.15) is 5.78 Å². The van der Waals surface area contributed by atoms with Gasteiger partial charge < -0.3 is 5.11 Å². The summed E-state index contributed by atoms with van der Waals surface area (Å²) in [5.41, 5.74) is 2.33. The van der Waals surface area contributed by atoms with Crippen LogP contribution in [0.2, 0.25) is 0 Å². The number of carboxylic acid groups (broad SMARTS) is 1. The Balaban J connectivity index is 0.000000381. The van der Waals surface area contributed by atoms with Gasteiger partial charge in [-0.15, -0.1) is 0 Å². The molecule has 0 saturated heterocycles. The van der Waals surface area contributed by atoms with Crippen molar-refractivity contribution in [2.75, 3.05) is 0 Å². The van der Waals surface area contributed by atoms with Crippen LogP contribution >= 0.6 is 0 Å². The van der Waals surface area contributed by atoms with Crippen LogP contribution in [0.5, 0.6) is 0 Å². The fraction of sp³-hybridized carbons (Fsp3) is 0.263. The van der Waals surface area contributed by atoms with Crippen molar-refractivity contribution in [1.82, 2.24) is 0 Å². The highest BCUT2D eigenvalue weighted by Gasteiger charge is 2.38. The molecule has 0 aliphatic heterocycles. The van der Waals surface area contributed by atoms with Crippen molar-refractivity contribution in [3.8, 4) is 0 Å². The van der Waals surface area contributed by atoms with Crippen LogP contribution in [0.3, 0.4) is 0 Å². The van der Waals surface area contributed by atoms with Crippen LogP contribution in [0, 0.1) is 5.92 Å². The average Bonchev–Trinajstić information content (AvgIpc) is 2.56. The molecule has 1 atom stereocenters. The summed E-state index contributed by atoms with van der Waals surface area (Å²) < 4.78 is 31.7. The molecule has 0 radical (unpaired) electrons. The van der Waals surface area contributed by atoms with Gasteiger partial charge in [0.2, 0.25) is 0 Å².